The standard InChI is InChI=1S/C25H20FNO4/c1-30-22-12-11-16(13-20(22)26)14-23(28)31-25(17-7-3-2-4-8-17)24(29)19-15-27-21-10-6-5-9-18(19)21/h2-13,15,25,27H,14H2,1H3/t25-/m1/s1. The van der Waals surface area contributed by atoms with Crippen molar-refractivity contribution in [3.63, 3.8) is 0 Å². The number of aromatic nitrogens is 1. The minimum atomic E-state index is -1.11. The molecule has 1 heterocycles. The third-order valence-corrected chi connectivity index (χ3v) is 5.01. The highest BCUT2D eigenvalue weighted by molar-refractivity contribution is 6.10. The highest BCUT2D eigenvalue weighted by Crippen LogP contribution is 2.28. The molecular weight excluding hydrogens is 397 g/mol. The summed E-state index contributed by atoms with van der Waals surface area (Å²) < 4.78 is 24.5. The molecule has 0 unspecified atom stereocenters. The third kappa shape index (κ3) is 4.33. The van der Waals surface area contributed by atoms with Crippen LogP contribution in [0.5, 0.6) is 5.75 Å². The Morgan fingerprint density at radius 1 is 1.00 bits per heavy atom. The topological polar surface area (TPSA) is 68.4 Å². The van der Waals surface area contributed by atoms with Crippen molar-refractivity contribution in [2.24, 2.45) is 0 Å². The lowest BCUT2D eigenvalue weighted by atomic mass is 9.99. The number of para-hydroxylation sites is 1. The van der Waals surface area contributed by atoms with E-state index in [0.717, 1.165) is 10.9 Å². The van der Waals surface area contributed by atoms with Gasteiger partial charge in [0.15, 0.2) is 17.7 Å². The van der Waals surface area contributed by atoms with Gasteiger partial charge in [-0.3, -0.25) is 9.59 Å². The molecule has 1 N–H and O–H groups in total. The second-order valence-corrected chi connectivity index (χ2v) is 7.04. The monoisotopic (exact) mass is 417 g/mol. The number of esters is 1. The lowest BCUT2D eigenvalue weighted by molar-refractivity contribution is -0.146. The van der Waals surface area contributed by atoms with E-state index in [0.29, 0.717) is 16.7 Å². The van der Waals surface area contributed by atoms with Gasteiger partial charge in [-0.2, -0.15) is 0 Å². The summed E-state index contributed by atoms with van der Waals surface area (Å²) in [5, 5.41) is 0.752. The Kier molecular flexibility index (Phi) is 5.80. The van der Waals surface area contributed by atoms with E-state index in [1.807, 2.05) is 30.3 Å². The molecule has 1 aromatic heterocycles. The van der Waals surface area contributed by atoms with Crippen LogP contribution in [0.4, 0.5) is 4.39 Å². The molecule has 0 aliphatic rings. The van der Waals surface area contributed by atoms with Crippen LogP contribution in [0.2, 0.25) is 0 Å². The van der Waals surface area contributed by atoms with E-state index >= 15 is 0 Å². The van der Waals surface area contributed by atoms with E-state index in [-0.39, 0.29) is 18.0 Å². The molecule has 6 heteroatoms. The lowest BCUT2D eigenvalue weighted by Gasteiger charge is -2.17. The summed E-state index contributed by atoms with van der Waals surface area (Å²) >= 11 is 0. The van der Waals surface area contributed by atoms with E-state index in [9.17, 15) is 14.0 Å². The van der Waals surface area contributed by atoms with Gasteiger partial charge in [0.1, 0.15) is 0 Å². The number of ketones is 1. The maximum atomic E-state index is 14.0. The minimum absolute atomic E-state index is 0.0915. The van der Waals surface area contributed by atoms with Crippen molar-refractivity contribution in [2.45, 2.75) is 12.5 Å². The molecule has 0 aliphatic heterocycles. The number of fused-ring (bicyclic) bond motifs is 1. The van der Waals surface area contributed by atoms with Crippen molar-refractivity contribution in [3.8, 4) is 5.75 Å². The fraction of sp³-hybridized carbons (Fsp3) is 0.120. The summed E-state index contributed by atoms with van der Waals surface area (Å²) in [6, 6.07) is 20.5. The number of hydrogen-bond acceptors (Lipinski definition) is 4. The largest absolute Gasteiger partial charge is 0.494 e. The predicted molar refractivity (Wildman–Crippen MR) is 115 cm³/mol. The van der Waals surface area contributed by atoms with E-state index in [4.69, 9.17) is 9.47 Å². The average Bonchev–Trinajstić information content (AvgIpc) is 3.22. The van der Waals surface area contributed by atoms with Crippen LogP contribution in [0, 0.1) is 5.82 Å². The van der Waals surface area contributed by atoms with Gasteiger partial charge < -0.3 is 14.5 Å². The smallest absolute Gasteiger partial charge is 0.311 e. The van der Waals surface area contributed by atoms with Crippen LogP contribution in [-0.4, -0.2) is 23.8 Å². The zero-order valence-electron chi connectivity index (χ0n) is 16.8. The van der Waals surface area contributed by atoms with Crippen LogP contribution >= 0.6 is 0 Å². The zero-order chi connectivity index (χ0) is 21.8. The molecule has 1 atom stereocenters. The van der Waals surface area contributed by atoms with Crippen molar-refractivity contribution in [3.05, 3.63) is 102 Å². The number of halogens is 1. The molecule has 0 bridgehead atoms. The molecule has 0 saturated carbocycles. The van der Waals surface area contributed by atoms with Gasteiger partial charge >= 0.3 is 5.97 Å². The average molecular weight is 417 g/mol. The van der Waals surface area contributed by atoms with E-state index in [1.165, 1.54) is 19.2 Å². The number of hydrogen-bond donors (Lipinski definition) is 1. The molecule has 5 nitrogen and oxygen atoms in total. The van der Waals surface area contributed by atoms with Gasteiger partial charge in [0.25, 0.3) is 0 Å². The molecule has 31 heavy (non-hydrogen) atoms. The molecule has 0 saturated heterocycles. The maximum Gasteiger partial charge on any atom is 0.311 e. The van der Waals surface area contributed by atoms with Crippen LogP contribution in [-0.2, 0) is 16.0 Å². The van der Waals surface area contributed by atoms with Crippen LogP contribution in [0.25, 0.3) is 10.9 Å². The molecular formula is C25H20FNO4. The highest BCUT2D eigenvalue weighted by Gasteiger charge is 2.28. The van der Waals surface area contributed by atoms with Crippen molar-refractivity contribution >= 4 is 22.7 Å². The first-order valence-corrected chi connectivity index (χ1v) is 9.74. The number of nitrogens with one attached hydrogen (secondary N) is 1. The molecule has 4 rings (SSSR count). The Balaban J connectivity index is 1.61. The third-order valence-electron chi connectivity index (χ3n) is 5.01. The maximum absolute atomic E-state index is 14.0. The van der Waals surface area contributed by atoms with Gasteiger partial charge in [-0.05, 0) is 23.8 Å². The Bertz CT molecular complexity index is 1230. The summed E-state index contributed by atoms with van der Waals surface area (Å²) in [6.07, 6.45) is 0.331. The SMILES string of the molecule is COc1ccc(CC(=O)O[C@@H](C(=O)c2c[nH]c3ccccc23)c2ccccc2)cc1F. The summed E-state index contributed by atoms with van der Waals surface area (Å²) in [6.45, 7) is 0. The number of ether oxygens (including phenoxy) is 2. The van der Waals surface area contributed by atoms with Gasteiger partial charge in [-0.25, -0.2) is 4.39 Å². The number of Topliss-reactive ketones (excluding diaryl/α,β-unsaturated/α-hetero) is 1. The summed E-state index contributed by atoms with van der Waals surface area (Å²) in [7, 11) is 1.37. The summed E-state index contributed by atoms with van der Waals surface area (Å²) in [5.74, 6) is -1.44. The van der Waals surface area contributed by atoms with Crippen molar-refractivity contribution in [1.29, 1.82) is 0 Å². The molecule has 0 spiro atoms. The van der Waals surface area contributed by atoms with E-state index in [2.05, 4.69) is 4.98 Å². The molecule has 156 valence electrons. The fourth-order valence-corrected chi connectivity index (χ4v) is 3.48. The summed E-state index contributed by atoms with van der Waals surface area (Å²) in [5.41, 5.74) is 2.24. The molecule has 0 fully saturated rings. The molecule has 0 amide bonds. The summed E-state index contributed by atoms with van der Waals surface area (Å²) in [4.78, 5) is 29.1. The number of benzene rings is 3. The van der Waals surface area contributed by atoms with Gasteiger partial charge in [0.2, 0.25) is 5.78 Å². The lowest BCUT2D eigenvalue weighted by Crippen LogP contribution is -2.21. The van der Waals surface area contributed by atoms with E-state index in [1.54, 1.807) is 36.5 Å². The Morgan fingerprint density at radius 3 is 2.48 bits per heavy atom. The Hall–Kier alpha value is -3.93. The van der Waals surface area contributed by atoms with Gasteiger partial charge in [0, 0.05) is 28.2 Å². The van der Waals surface area contributed by atoms with Crippen molar-refractivity contribution in [2.75, 3.05) is 7.11 Å². The number of carbonyl (C=O) groups excluding carboxylic acids is 2. The minimum Gasteiger partial charge on any atom is -0.494 e. The van der Waals surface area contributed by atoms with Gasteiger partial charge in [-0.15, -0.1) is 0 Å². The molecule has 4 aromatic rings. The number of aromatic amines is 1. The predicted octanol–water partition coefficient (Wildman–Crippen LogP) is 5.03. The number of H-pyrrole nitrogens is 1. The normalized spacial score (nSPS) is 11.8. The molecule has 3 aromatic carbocycles. The Labute approximate surface area is 178 Å². The van der Waals surface area contributed by atoms with E-state index < -0.39 is 17.9 Å². The number of rotatable bonds is 7. The first-order chi connectivity index (χ1) is 15.1. The van der Waals surface area contributed by atoms with Crippen LogP contribution < -0.4 is 4.74 Å². The van der Waals surface area contributed by atoms with Gasteiger partial charge in [0.05, 0.1) is 13.5 Å². The first-order valence-electron chi connectivity index (χ1n) is 9.74. The second kappa shape index (κ2) is 8.83. The zero-order valence-corrected chi connectivity index (χ0v) is 16.8. The van der Waals surface area contributed by atoms with Crippen LogP contribution in [0.3, 0.4) is 0 Å². The van der Waals surface area contributed by atoms with Crippen molar-refractivity contribution < 1.29 is 23.5 Å². The Morgan fingerprint density at radius 2 is 1.74 bits per heavy atom. The fourth-order valence-electron chi connectivity index (χ4n) is 3.48. The van der Waals surface area contributed by atoms with Crippen molar-refractivity contribution in [1.82, 2.24) is 4.98 Å². The quantitative estimate of drug-likeness (QED) is 0.338. The first kappa shape index (κ1) is 20.3. The van der Waals surface area contributed by atoms with Gasteiger partial charge in [-0.1, -0.05) is 54.6 Å². The molecule has 0 aliphatic carbocycles. The number of methoxy groups -OCH3 is 1. The van der Waals surface area contributed by atoms with Crippen LogP contribution in [0.15, 0.2) is 79.0 Å². The molecule has 0 radical (unpaired) electrons. The highest BCUT2D eigenvalue weighted by atomic mass is 19.1. The van der Waals surface area contributed by atoms with Crippen LogP contribution in [0.1, 0.15) is 27.6 Å². The number of carbonyl (C=O) groups is 2. The second-order valence-electron chi connectivity index (χ2n) is 7.04.